The summed E-state index contributed by atoms with van der Waals surface area (Å²) in [5.41, 5.74) is 0.366. The molecule has 1 aliphatic rings. The summed E-state index contributed by atoms with van der Waals surface area (Å²) in [5.74, 6) is 0. The fraction of sp³-hybridized carbons (Fsp3) is 0.556. The molecule has 0 aliphatic heterocycles. The summed E-state index contributed by atoms with van der Waals surface area (Å²) in [5, 5.41) is 5.16. The molecule has 1 fully saturated rings. The molecule has 1 atom stereocenters. The highest BCUT2D eigenvalue weighted by molar-refractivity contribution is 7.19. The second-order valence-electron chi connectivity index (χ2n) is 6.62. The van der Waals surface area contributed by atoms with Crippen molar-refractivity contribution in [2.24, 2.45) is 0 Å². The van der Waals surface area contributed by atoms with Gasteiger partial charge in [-0.05, 0) is 51.4 Å². The summed E-state index contributed by atoms with van der Waals surface area (Å²) < 4.78 is 1.39. The van der Waals surface area contributed by atoms with E-state index in [1.165, 1.54) is 40.6 Å². The van der Waals surface area contributed by atoms with Crippen LogP contribution in [0.15, 0.2) is 30.3 Å². The third kappa shape index (κ3) is 3.01. The Bertz CT molecular complexity index is 563. The topological polar surface area (TPSA) is 15.3 Å². The maximum atomic E-state index is 3.79. The highest BCUT2D eigenvalue weighted by atomic mass is 32.1. The van der Waals surface area contributed by atoms with E-state index in [1.54, 1.807) is 0 Å². The van der Waals surface area contributed by atoms with Crippen LogP contribution in [-0.2, 0) is 0 Å². The average molecular weight is 302 g/mol. The molecular formula is C18H26N2S. The van der Waals surface area contributed by atoms with E-state index in [0.717, 1.165) is 6.54 Å². The maximum absolute atomic E-state index is 3.79. The fourth-order valence-electron chi connectivity index (χ4n) is 3.47. The van der Waals surface area contributed by atoms with Gasteiger partial charge in [0.25, 0.3) is 0 Å². The SMILES string of the molecule is CC(NCC1(N(C)C)CCCC1)c1cc2ccccc2s1. The Morgan fingerprint density at radius 2 is 1.95 bits per heavy atom. The molecular weight excluding hydrogens is 276 g/mol. The molecule has 1 aromatic carbocycles. The standard InChI is InChI=1S/C18H26N2S/c1-14(17-12-15-8-4-5-9-16(15)21-17)19-13-18(20(2)3)10-6-7-11-18/h4-5,8-9,12,14,19H,6-7,10-11,13H2,1-3H3. The molecule has 0 saturated heterocycles. The van der Waals surface area contributed by atoms with E-state index in [2.05, 4.69) is 61.6 Å². The van der Waals surface area contributed by atoms with Gasteiger partial charge in [0.2, 0.25) is 0 Å². The predicted octanol–water partition coefficient (Wildman–Crippen LogP) is 4.43. The van der Waals surface area contributed by atoms with Crippen molar-refractivity contribution in [3.63, 3.8) is 0 Å². The second-order valence-corrected chi connectivity index (χ2v) is 7.73. The van der Waals surface area contributed by atoms with Crippen LogP contribution in [0.25, 0.3) is 10.1 Å². The number of thiophene rings is 1. The van der Waals surface area contributed by atoms with Crippen molar-refractivity contribution in [3.8, 4) is 0 Å². The van der Waals surface area contributed by atoms with Crippen LogP contribution in [0.1, 0.15) is 43.5 Å². The number of hydrogen-bond acceptors (Lipinski definition) is 3. The van der Waals surface area contributed by atoms with Crippen LogP contribution in [-0.4, -0.2) is 31.1 Å². The molecule has 1 unspecified atom stereocenters. The van der Waals surface area contributed by atoms with E-state index in [-0.39, 0.29) is 0 Å². The molecule has 1 saturated carbocycles. The van der Waals surface area contributed by atoms with Crippen LogP contribution < -0.4 is 5.32 Å². The summed E-state index contributed by atoms with van der Waals surface area (Å²) >= 11 is 1.92. The van der Waals surface area contributed by atoms with Gasteiger partial charge in [0.1, 0.15) is 0 Å². The number of rotatable bonds is 5. The highest BCUT2D eigenvalue weighted by Crippen LogP contribution is 2.34. The Hall–Kier alpha value is -0.900. The Morgan fingerprint density at radius 1 is 1.24 bits per heavy atom. The fourth-order valence-corrected chi connectivity index (χ4v) is 4.57. The van der Waals surface area contributed by atoms with Crippen molar-refractivity contribution >= 4 is 21.4 Å². The van der Waals surface area contributed by atoms with Crippen molar-refractivity contribution < 1.29 is 0 Å². The van der Waals surface area contributed by atoms with Gasteiger partial charge in [0.15, 0.2) is 0 Å². The molecule has 2 nitrogen and oxygen atoms in total. The van der Waals surface area contributed by atoms with Crippen LogP contribution in [0, 0.1) is 0 Å². The molecule has 114 valence electrons. The number of likely N-dealkylation sites (N-methyl/N-ethyl adjacent to an activating group) is 1. The predicted molar refractivity (Wildman–Crippen MR) is 93.1 cm³/mol. The van der Waals surface area contributed by atoms with Gasteiger partial charge in [0, 0.05) is 27.7 Å². The van der Waals surface area contributed by atoms with E-state index in [0.29, 0.717) is 11.6 Å². The van der Waals surface area contributed by atoms with Crippen molar-refractivity contribution in [3.05, 3.63) is 35.2 Å². The van der Waals surface area contributed by atoms with E-state index in [1.807, 2.05) is 11.3 Å². The van der Waals surface area contributed by atoms with Gasteiger partial charge in [-0.25, -0.2) is 0 Å². The van der Waals surface area contributed by atoms with Gasteiger partial charge in [-0.3, -0.25) is 0 Å². The van der Waals surface area contributed by atoms with E-state index < -0.39 is 0 Å². The summed E-state index contributed by atoms with van der Waals surface area (Å²) in [6.45, 7) is 3.39. The van der Waals surface area contributed by atoms with Crippen LogP contribution in [0.4, 0.5) is 0 Å². The summed E-state index contributed by atoms with van der Waals surface area (Å²) in [7, 11) is 4.47. The monoisotopic (exact) mass is 302 g/mol. The lowest BCUT2D eigenvalue weighted by molar-refractivity contribution is 0.150. The molecule has 1 aliphatic carbocycles. The van der Waals surface area contributed by atoms with Crippen LogP contribution in [0.5, 0.6) is 0 Å². The normalized spacial score (nSPS) is 19.4. The summed E-state index contributed by atoms with van der Waals surface area (Å²) in [4.78, 5) is 3.88. The Balaban J connectivity index is 1.69. The number of fused-ring (bicyclic) bond motifs is 1. The molecule has 1 aromatic heterocycles. The largest absolute Gasteiger partial charge is 0.308 e. The average Bonchev–Trinajstić information content (AvgIpc) is 3.12. The smallest absolute Gasteiger partial charge is 0.0387 e. The quantitative estimate of drug-likeness (QED) is 0.879. The number of nitrogens with zero attached hydrogens (tertiary/aromatic N) is 1. The van der Waals surface area contributed by atoms with Gasteiger partial charge >= 0.3 is 0 Å². The molecule has 3 heteroatoms. The zero-order valence-electron chi connectivity index (χ0n) is 13.4. The van der Waals surface area contributed by atoms with Crippen LogP contribution >= 0.6 is 11.3 Å². The third-order valence-electron chi connectivity index (χ3n) is 5.09. The van der Waals surface area contributed by atoms with Crippen LogP contribution in [0.3, 0.4) is 0 Å². The van der Waals surface area contributed by atoms with Gasteiger partial charge < -0.3 is 10.2 Å². The summed E-state index contributed by atoms with van der Waals surface area (Å²) in [6.07, 6.45) is 5.40. The molecule has 0 amide bonds. The first kappa shape index (κ1) is 15.0. The molecule has 0 radical (unpaired) electrons. The van der Waals surface area contributed by atoms with Gasteiger partial charge in [-0.15, -0.1) is 11.3 Å². The summed E-state index contributed by atoms with van der Waals surface area (Å²) in [6, 6.07) is 11.4. The zero-order valence-corrected chi connectivity index (χ0v) is 14.2. The molecule has 1 N–H and O–H groups in total. The highest BCUT2D eigenvalue weighted by Gasteiger charge is 2.35. The lowest BCUT2D eigenvalue weighted by Gasteiger charge is -2.37. The minimum absolute atomic E-state index is 0.366. The minimum Gasteiger partial charge on any atom is -0.308 e. The minimum atomic E-state index is 0.366. The van der Waals surface area contributed by atoms with Crippen molar-refractivity contribution in [1.29, 1.82) is 0 Å². The van der Waals surface area contributed by atoms with E-state index >= 15 is 0 Å². The zero-order chi connectivity index (χ0) is 14.9. The lowest BCUT2D eigenvalue weighted by Crippen LogP contribution is -2.49. The first-order valence-corrected chi connectivity index (χ1v) is 8.82. The second kappa shape index (κ2) is 6.07. The Kier molecular flexibility index (Phi) is 4.34. The molecule has 0 spiro atoms. The first-order chi connectivity index (χ1) is 10.1. The van der Waals surface area contributed by atoms with Crippen molar-refractivity contribution in [1.82, 2.24) is 10.2 Å². The van der Waals surface area contributed by atoms with Crippen molar-refractivity contribution in [2.45, 2.75) is 44.2 Å². The Labute approximate surface area is 132 Å². The Morgan fingerprint density at radius 3 is 2.62 bits per heavy atom. The van der Waals surface area contributed by atoms with E-state index in [9.17, 15) is 0 Å². The van der Waals surface area contributed by atoms with Crippen LogP contribution in [0.2, 0.25) is 0 Å². The van der Waals surface area contributed by atoms with Gasteiger partial charge in [-0.1, -0.05) is 31.0 Å². The molecule has 0 bridgehead atoms. The molecule has 3 rings (SSSR count). The number of benzene rings is 1. The third-order valence-corrected chi connectivity index (χ3v) is 6.39. The van der Waals surface area contributed by atoms with Gasteiger partial charge in [-0.2, -0.15) is 0 Å². The maximum Gasteiger partial charge on any atom is 0.0387 e. The number of hydrogen-bond donors (Lipinski definition) is 1. The van der Waals surface area contributed by atoms with E-state index in [4.69, 9.17) is 0 Å². The number of nitrogens with one attached hydrogen (secondary N) is 1. The molecule has 21 heavy (non-hydrogen) atoms. The van der Waals surface area contributed by atoms with Gasteiger partial charge in [0.05, 0.1) is 0 Å². The lowest BCUT2D eigenvalue weighted by atomic mass is 9.95. The molecule has 1 heterocycles. The van der Waals surface area contributed by atoms with Crippen molar-refractivity contribution in [2.75, 3.05) is 20.6 Å². The molecule has 2 aromatic rings. The first-order valence-electron chi connectivity index (χ1n) is 8.00.